The Hall–Kier alpha value is -3.27. The van der Waals surface area contributed by atoms with Crippen LogP contribution < -0.4 is 5.32 Å². The van der Waals surface area contributed by atoms with E-state index in [4.69, 9.17) is 11.6 Å². The molecular weight excluding hydrogens is 379 g/mol. The summed E-state index contributed by atoms with van der Waals surface area (Å²) in [6.45, 7) is 1.66. The zero-order valence-electron chi connectivity index (χ0n) is 14.1. The van der Waals surface area contributed by atoms with Crippen LogP contribution in [-0.4, -0.2) is 30.4 Å². The predicted molar refractivity (Wildman–Crippen MR) is 95.0 cm³/mol. The Morgan fingerprint density at radius 1 is 1.37 bits per heavy atom. The molecule has 3 aromatic rings. The van der Waals surface area contributed by atoms with E-state index in [1.54, 1.807) is 19.1 Å². The van der Waals surface area contributed by atoms with Crippen molar-refractivity contribution in [2.24, 2.45) is 0 Å². The van der Waals surface area contributed by atoms with Gasteiger partial charge in [0.2, 0.25) is 5.91 Å². The number of anilines is 1. The largest absolute Gasteiger partial charge is 0.389 e. The molecule has 0 unspecified atom stereocenters. The average molecular weight is 393 g/mol. The van der Waals surface area contributed by atoms with Gasteiger partial charge in [-0.25, -0.2) is 4.39 Å². The molecule has 2 aromatic heterocycles. The third kappa shape index (κ3) is 4.29. The Balaban J connectivity index is 1.68. The summed E-state index contributed by atoms with van der Waals surface area (Å²) in [7, 11) is 0. The number of benzene rings is 1. The highest BCUT2D eigenvalue weighted by Gasteiger charge is 2.15. The molecule has 0 aliphatic heterocycles. The lowest BCUT2D eigenvalue weighted by Crippen LogP contribution is -2.19. The first-order chi connectivity index (χ1) is 12.8. The molecule has 0 atom stereocenters. The number of aryl methyl sites for hydroxylation is 1. The Morgan fingerprint density at radius 2 is 2.15 bits per heavy atom. The van der Waals surface area contributed by atoms with Gasteiger partial charge in [-0.2, -0.15) is 9.78 Å². The van der Waals surface area contributed by atoms with Crippen LogP contribution in [-0.2, 0) is 17.9 Å². The van der Waals surface area contributed by atoms with E-state index in [-0.39, 0.29) is 29.7 Å². The third-order valence-corrected chi connectivity index (χ3v) is 4.09. The van der Waals surface area contributed by atoms with Crippen molar-refractivity contribution in [3.05, 3.63) is 68.7 Å². The first kappa shape index (κ1) is 18.5. The van der Waals surface area contributed by atoms with Gasteiger partial charge in [-0.05, 0) is 24.0 Å². The van der Waals surface area contributed by atoms with Gasteiger partial charge >= 0.3 is 5.82 Å². The summed E-state index contributed by atoms with van der Waals surface area (Å²) in [5.74, 6) is -0.971. The molecule has 2 heterocycles. The fourth-order valence-electron chi connectivity index (χ4n) is 2.43. The molecule has 140 valence electrons. The topological polar surface area (TPSA) is 108 Å². The van der Waals surface area contributed by atoms with Crippen molar-refractivity contribution < 1.29 is 14.1 Å². The molecule has 0 aliphatic carbocycles. The van der Waals surface area contributed by atoms with Gasteiger partial charge in [0.1, 0.15) is 12.4 Å². The molecule has 27 heavy (non-hydrogen) atoms. The van der Waals surface area contributed by atoms with Crippen LogP contribution in [0.25, 0.3) is 0 Å². The van der Waals surface area contributed by atoms with Gasteiger partial charge in [0.25, 0.3) is 0 Å². The summed E-state index contributed by atoms with van der Waals surface area (Å²) in [6.07, 6.45) is 1.34. The van der Waals surface area contributed by atoms with Crippen LogP contribution in [0.5, 0.6) is 0 Å². The maximum atomic E-state index is 13.9. The van der Waals surface area contributed by atoms with E-state index in [1.165, 1.54) is 29.1 Å². The normalized spacial score (nSPS) is 10.8. The van der Waals surface area contributed by atoms with E-state index < -0.39 is 16.6 Å². The van der Waals surface area contributed by atoms with Crippen LogP contribution in [0.2, 0.25) is 5.02 Å². The lowest BCUT2D eigenvalue weighted by molar-refractivity contribution is -0.389. The summed E-state index contributed by atoms with van der Waals surface area (Å²) in [6, 6.07) is 7.24. The molecule has 1 aromatic carbocycles. The van der Waals surface area contributed by atoms with Crippen LogP contribution >= 0.6 is 11.6 Å². The Morgan fingerprint density at radius 3 is 2.81 bits per heavy atom. The van der Waals surface area contributed by atoms with Crippen LogP contribution in [0.15, 0.2) is 36.5 Å². The number of carbonyl (C=O) groups excluding carboxylic acids is 1. The van der Waals surface area contributed by atoms with Crippen LogP contribution in [0.4, 0.5) is 16.0 Å². The number of amides is 1. The molecule has 0 radical (unpaired) electrons. The van der Waals surface area contributed by atoms with Crippen LogP contribution in [0, 0.1) is 22.9 Å². The van der Waals surface area contributed by atoms with Gasteiger partial charge in [-0.15, -0.1) is 0 Å². The summed E-state index contributed by atoms with van der Waals surface area (Å²) >= 11 is 6.03. The number of hydrogen-bond donors (Lipinski definition) is 1. The third-order valence-electron chi connectivity index (χ3n) is 3.74. The second-order valence-electron chi connectivity index (χ2n) is 5.71. The Bertz CT molecular complexity index is 995. The molecule has 0 aliphatic rings. The lowest BCUT2D eigenvalue weighted by Gasteiger charge is -2.07. The molecular formula is C16H14ClFN6O3. The van der Waals surface area contributed by atoms with Gasteiger partial charge in [0, 0.05) is 22.3 Å². The van der Waals surface area contributed by atoms with Crippen molar-refractivity contribution in [3.63, 3.8) is 0 Å². The lowest BCUT2D eigenvalue weighted by atomic mass is 10.2. The second-order valence-corrected chi connectivity index (χ2v) is 6.11. The number of halogens is 2. The molecule has 0 spiro atoms. The van der Waals surface area contributed by atoms with E-state index in [9.17, 15) is 19.3 Å². The number of hydrogen-bond acceptors (Lipinski definition) is 5. The number of rotatable bonds is 6. The smallest absolute Gasteiger partial charge is 0.358 e. The number of nitro groups is 1. The molecule has 9 nitrogen and oxygen atoms in total. The second kappa shape index (κ2) is 7.54. The maximum Gasteiger partial charge on any atom is 0.389 e. The van der Waals surface area contributed by atoms with Crippen molar-refractivity contribution in [1.82, 2.24) is 19.6 Å². The number of carbonyl (C=O) groups is 1. The molecule has 0 saturated heterocycles. The molecule has 0 fully saturated rings. The SMILES string of the molecule is Cc1cc(NC(=O)Cn2ccc([N+](=O)[O-])n2)nn1Cc1c(F)cccc1Cl. The van der Waals surface area contributed by atoms with E-state index in [0.29, 0.717) is 11.3 Å². The number of nitrogens with zero attached hydrogens (tertiary/aromatic N) is 5. The van der Waals surface area contributed by atoms with Gasteiger partial charge in [0.05, 0.1) is 23.9 Å². The molecule has 0 bridgehead atoms. The predicted octanol–water partition coefficient (Wildman–Crippen LogP) is 2.78. The van der Waals surface area contributed by atoms with Gasteiger partial charge in [-0.3, -0.25) is 9.48 Å². The standard InChI is InChI=1S/C16H14ClFN6O3/c1-10-7-14(19-16(25)9-22-6-5-15(21-22)24(26)27)20-23(10)8-11-12(17)3-2-4-13(11)18/h2-7H,8-9H2,1H3,(H,19,20,25). The zero-order chi connectivity index (χ0) is 19.6. The molecule has 1 N–H and O–H groups in total. The van der Waals surface area contributed by atoms with E-state index >= 15 is 0 Å². The molecule has 3 rings (SSSR count). The van der Waals surface area contributed by atoms with Gasteiger partial charge in [0.15, 0.2) is 5.82 Å². The molecule has 0 saturated carbocycles. The maximum absolute atomic E-state index is 13.9. The summed E-state index contributed by atoms with van der Waals surface area (Å²) in [5.41, 5.74) is 0.992. The van der Waals surface area contributed by atoms with Gasteiger partial charge < -0.3 is 15.4 Å². The highest BCUT2D eigenvalue weighted by Crippen LogP contribution is 2.21. The van der Waals surface area contributed by atoms with Crippen molar-refractivity contribution in [1.29, 1.82) is 0 Å². The quantitative estimate of drug-likeness (QED) is 0.512. The zero-order valence-corrected chi connectivity index (χ0v) is 14.9. The highest BCUT2D eigenvalue weighted by molar-refractivity contribution is 6.31. The average Bonchev–Trinajstić information content (AvgIpc) is 3.18. The first-order valence-electron chi connectivity index (χ1n) is 7.78. The first-order valence-corrected chi connectivity index (χ1v) is 8.16. The Kier molecular flexibility index (Phi) is 5.17. The fourth-order valence-corrected chi connectivity index (χ4v) is 2.65. The van der Waals surface area contributed by atoms with E-state index in [0.717, 1.165) is 4.68 Å². The van der Waals surface area contributed by atoms with Crippen molar-refractivity contribution in [3.8, 4) is 0 Å². The summed E-state index contributed by atoms with van der Waals surface area (Å²) in [5, 5.41) is 21.4. The van der Waals surface area contributed by atoms with Crippen LogP contribution in [0.3, 0.4) is 0 Å². The highest BCUT2D eigenvalue weighted by atomic mass is 35.5. The molecule has 1 amide bonds. The van der Waals surface area contributed by atoms with Gasteiger partial charge in [-0.1, -0.05) is 17.7 Å². The Labute approximate surface area is 157 Å². The minimum atomic E-state index is -0.646. The van der Waals surface area contributed by atoms with E-state index in [2.05, 4.69) is 15.5 Å². The van der Waals surface area contributed by atoms with Crippen molar-refractivity contribution in [2.45, 2.75) is 20.0 Å². The monoisotopic (exact) mass is 392 g/mol. The fraction of sp³-hybridized carbons (Fsp3) is 0.188. The number of nitrogens with one attached hydrogen (secondary N) is 1. The number of aromatic nitrogens is 4. The minimum absolute atomic E-state index is 0.110. The van der Waals surface area contributed by atoms with Crippen molar-refractivity contribution in [2.75, 3.05) is 5.32 Å². The molecule has 11 heteroatoms. The van der Waals surface area contributed by atoms with Crippen LogP contribution in [0.1, 0.15) is 11.3 Å². The summed E-state index contributed by atoms with van der Waals surface area (Å²) < 4.78 is 16.6. The van der Waals surface area contributed by atoms with Crippen molar-refractivity contribution >= 4 is 29.1 Å². The minimum Gasteiger partial charge on any atom is -0.358 e. The van der Waals surface area contributed by atoms with E-state index in [1.807, 2.05) is 0 Å². The summed E-state index contributed by atoms with van der Waals surface area (Å²) in [4.78, 5) is 22.0.